The highest BCUT2D eigenvalue weighted by atomic mass is 16.5. The van der Waals surface area contributed by atoms with E-state index >= 15 is 0 Å². The van der Waals surface area contributed by atoms with Crippen LogP contribution in [0.25, 0.3) is 0 Å². The van der Waals surface area contributed by atoms with E-state index in [4.69, 9.17) is 4.74 Å². The monoisotopic (exact) mass is 194 g/mol. The first-order valence-corrected chi connectivity index (χ1v) is 5.23. The van der Waals surface area contributed by atoms with Crippen molar-refractivity contribution in [1.82, 2.24) is 10.3 Å². The van der Waals surface area contributed by atoms with Gasteiger partial charge in [-0.15, -0.1) is 0 Å². The van der Waals surface area contributed by atoms with Crippen LogP contribution < -0.4 is 5.32 Å². The molecular weight excluding hydrogens is 176 g/mol. The van der Waals surface area contributed by atoms with Crippen molar-refractivity contribution in [2.24, 2.45) is 0 Å². The Bertz CT molecular complexity index is 263. The van der Waals surface area contributed by atoms with Crippen molar-refractivity contribution in [1.29, 1.82) is 0 Å². The van der Waals surface area contributed by atoms with E-state index in [1.54, 1.807) is 0 Å². The molecule has 0 saturated carbocycles. The topological polar surface area (TPSA) is 37.0 Å². The van der Waals surface area contributed by atoms with Crippen LogP contribution in [0.2, 0.25) is 0 Å². The molecule has 1 aromatic rings. The summed E-state index contributed by atoms with van der Waals surface area (Å²) < 4.78 is 5.48. The minimum absolute atomic E-state index is 0.162. The predicted octanol–water partition coefficient (Wildman–Crippen LogP) is 1.67. The van der Waals surface area contributed by atoms with Crippen LogP contribution in [-0.2, 0) is 11.3 Å². The summed E-state index contributed by atoms with van der Waals surface area (Å²) in [5.41, 5.74) is 1.46. The van der Waals surface area contributed by atoms with Gasteiger partial charge in [-0.2, -0.15) is 0 Å². The third-order valence-electron chi connectivity index (χ3n) is 2.82. The van der Waals surface area contributed by atoms with E-state index < -0.39 is 0 Å². The second-order valence-corrected chi connectivity index (χ2v) is 4.29. The van der Waals surface area contributed by atoms with E-state index in [0.29, 0.717) is 0 Å². The van der Waals surface area contributed by atoms with Crippen LogP contribution in [-0.4, -0.2) is 23.7 Å². The van der Waals surface area contributed by atoms with Gasteiger partial charge in [-0.05, 0) is 31.4 Å². The van der Waals surface area contributed by atoms with E-state index in [9.17, 15) is 0 Å². The van der Waals surface area contributed by atoms with Crippen LogP contribution >= 0.6 is 0 Å². The van der Waals surface area contributed by atoms with Gasteiger partial charge in [-0.1, -0.05) is 0 Å². The summed E-state index contributed by atoms with van der Waals surface area (Å²) in [7, 11) is 0. The molecule has 14 heavy (non-hydrogen) atoms. The SMILES string of the molecule is CC1(NCc2cc[nH]c2)CCCOC1. The molecule has 78 valence electrons. The Kier molecular flexibility index (Phi) is 2.89. The van der Waals surface area contributed by atoms with Crippen LogP contribution in [0.5, 0.6) is 0 Å². The maximum atomic E-state index is 5.48. The van der Waals surface area contributed by atoms with Crippen LogP contribution in [0.4, 0.5) is 0 Å². The van der Waals surface area contributed by atoms with Gasteiger partial charge in [0.2, 0.25) is 0 Å². The maximum Gasteiger partial charge on any atom is 0.0645 e. The molecular formula is C11H18N2O. The van der Waals surface area contributed by atoms with E-state index in [-0.39, 0.29) is 5.54 Å². The number of ether oxygens (including phenoxy) is 1. The highest BCUT2D eigenvalue weighted by Gasteiger charge is 2.26. The summed E-state index contributed by atoms with van der Waals surface area (Å²) in [4.78, 5) is 3.06. The summed E-state index contributed by atoms with van der Waals surface area (Å²) in [6, 6.07) is 2.10. The van der Waals surface area contributed by atoms with E-state index in [0.717, 1.165) is 26.2 Å². The van der Waals surface area contributed by atoms with Crippen molar-refractivity contribution in [3.8, 4) is 0 Å². The third kappa shape index (κ3) is 2.36. The third-order valence-corrected chi connectivity index (χ3v) is 2.82. The Hall–Kier alpha value is -0.800. The number of aromatic nitrogens is 1. The van der Waals surface area contributed by atoms with Crippen LogP contribution in [0, 0.1) is 0 Å². The van der Waals surface area contributed by atoms with Crippen LogP contribution in [0.15, 0.2) is 18.5 Å². The minimum atomic E-state index is 0.162. The van der Waals surface area contributed by atoms with E-state index in [1.165, 1.54) is 12.0 Å². The molecule has 0 bridgehead atoms. The second kappa shape index (κ2) is 4.15. The van der Waals surface area contributed by atoms with E-state index in [1.807, 2.05) is 12.4 Å². The van der Waals surface area contributed by atoms with Crippen molar-refractivity contribution in [2.75, 3.05) is 13.2 Å². The van der Waals surface area contributed by atoms with Crippen molar-refractivity contribution >= 4 is 0 Å². The number of rotatable bonds is 3. The first-order chi connectivity index (χ1) is 6.79. The molecule has 0 amide bonds. The molecule has 3 heteroatoms. The predicted molar refractivity (Wildman–Crippen MR) is 56.1 cm³/mol. The molecule has 1 aliphatic heterocycles. The molecule has 0 aromatic carbocycles. The fourth-order valence-corrected chi connectivity index (χ4v) is 1.86. The zero-order valence-electron chi connectivity index (χ0n) is 8.68. The molecule has 1 aromatic heterocycles. The Morgan fingerprint density at radius 2 is 2.57 bits per heavy atom. The van der Waals surface area contributed by atoms with Gasteiger partial charge < -0.3 is 15.0 Å². The quantitative estimate of drug-likeness (QED) is 0.768. The number of hydrogen-bond donors (Lipinski definition) is 2. The minimum Gasteiger partial charge on any atom is -0.380 e. The smallest absolute Gasteiger partial charge is 0.0645 e. The zero-order chi connectivity index (χ0) is 9.86. The lowest BCUT2D eigenvalue weighted by Crippen LogP contribution is -2.48. The first-order valence-electron chi connectivity index (χ1n) is 5.23. The molecule has 1 aliphatic rings. The molecule has 3 nitrogen and oxygen atoms in total. The van der Waals surface area contributed by atoms with Crippen molar-refractivity contribution < 1.29 is 4.74 Å². The summed E-state index contributed by atoms with van der Waals surface area (Å²) in [6.07, 6.45) is 6.35. The van der Waals surface area contributed by atoms with Gasteiger partial charge in [-0.3, -0.25) is 0 Å². The van der Waals surface area contributed by atoms with Crippen molar-refractivity contribution in [3.63, 3.8) is 0 Å². The fraction of sp³-hybridized carbons (Fsp3) is 0.636. The highest BCUT2D eigenvalue weighted by molar-refractivity contribution is 5.08. The Labute approximate surface area is 84.9 Å². The van der Waals surface area contributed by atoms with Gasteiger partial charge in [0.25, 0.3) is 0 Å². The van der Waals surface area contributed by atoms with Gasteiger partial charge in [0.1, 0.15) is 0 Å². The van der Waals surface area contributed by atoms with Gasteiger partial charge in [0.05, 0.1) is 6.61 Å². The van der Waals surface area contributed by atoms with E-state index in [2.05, 4.69) is 23.3 Å². The molecule has 2 rings (SSSR count). The average Bonchev–Trinajstić information content (AvgIpc) is 2.69. The molecule has 0 radical (unpaired) electrons. The summed E-state index contributed by atoms with van der Waals surface area (Å²) in [5.74, 6) is 0. The summed E-state index contributed by atoms with van der Waals surface area (Å²) >= 11 is 0. The molecule has 1 atom stereocenters. The first kappa shape index (κ1) is 9.74. The molecule has 2 heterocycles. The molecule has 1 unspecified atom stereocenters. The zero-order valence-corrected chi connectivity index (χ0v) is 8.68. The lowest BCUT2D eigenvalue weighted by atomic mass is 9.95. The van der Waals surface area contributed by atoms with Crippen LogP contribution in [0.1, 0.15) is 25.3 Å². The number of aromatic amines is 1. The second-order valence-electron chi connectivity index (χ2n) is 4.29. The Morgan fingerprint density at radius 3 is 3.21 bits per heavy atom. The lowest BCUT2D eigenvalue weighted by Gasteiger charge is -2.34. The van der Waals surface area contributed by atoms with Crippen molar-refractivity contribution in [3.05, 3.63) is 24.0 Å². The normalized spacial score (nSPS) is 27.8. The molecule has 1 fully saturated rings. The number of hydrogen-bond acceptors (Lipinski definition) is 2. The highest BCUT2D eigenvalue weighted by Crippen LogP contribution is 2.18. The average molecular weight is 194 g/mol. The Balaban J connectivity index is 1.84. The van der Waals surface area contributed by atoms with Gasteiger partial charge in [0, 0.05) is 31.1 Å². The standard InChI is InChI=1S/C11H18N2O/c1-11(4-2-6-14-9-11)13-8-10-3-5-12-7-10/h3,5,7,12-13H,2,4,6,8-9H2,1H3. The van der Waals surface area contributed by atoms with Crippen molar-refractivity contribution in [2.45, 2.75) is 31.8 Å². The fourth-order valence-electron chi connectivity index (χ4n) is 1.86. The largest absolute Gasteiger partial charge is 0.380 e. The summed E-state index contributed by atoms with van der Waals surface area (Å²) in [5, 5.41) is 3.56. The molecule has 0 spiro atoms. The van der Waals surface area contributed by atoms with Gasteiger partial charge >= 0.3 is 0 Å². The molecule has 0 aliphatic carbocycles. The van der Waals surface area contributed by atoms with Crippen LogP contribution in [0.3, 0.4) is 0 Å². The maximum absolute atomic E-state index is 5.48. The molecule has 1 saturated heterocycles. The van der Waals surface area contributed by atoms with Gasteiger partial charge in [-0.25, -0.2) is 0 Å². The number of nitrogens with one attached hydrogen (secondary N) is 2. The van der Waals surface area contributed by atoms with Gasteiger partial charge in [0.15, 0.2) is 0 Å². The summed E-state index contributed by atoms with van der Waals surface area (Å²) in [6.45, 7) is 4.90. The lowest BCUT2D eigenvalue weighted by molar-refractivity contribution is 0.0278. The Morgan fingerprint density at radius 1 is 1.64 bits per heavy atom. The number of H-pyrrole nitrogens is 1. The molecule has 2 N–H and O–H groups in total.